The Morgan fingerprint density at radius 2 is 1.82 bits per heavy atom. The number of carbonyl (C=O) groups excluding carboxylic acids is 1. The number of hydrogen-bond acceptors (Lipinski definition) is 5. The fraction of sp³-hybridized carbons (Fsp3) is 0.520. The summed E-state index contributed by atoms with van der Waals surface area (Å²) < 4.78 is 1.89. The van der Waals surface area contributed by atoms with E-state index in [1.807, 2.05) is 60.0 Å². The van der Waals surface area contributed by atoms with E-state index in [0.29, 0.717) is 32.1 Å². The van der Waals surface area contributed by atoms with Crippen molar-refractivity contribution >= 4 is 34.4 Å². The topological polar surface area (TPSA) is 67.2 Å². The highest BCUT2D eigenvalue weighted by Gasteiger charge is 2.33. The molecule has 176 valence electrons. The van der Waals surface area contributed by atoms with E-state index in [1.165, 1.54) is 0 Å². The van der Waals surface area contributed by atoms with E-state index in [9.17, 15) is 4.79 Å². The number of fused-ring (bicyclic) bond motifs is 1. The van der Waals surface area contributed by atoms with E-state index in [0.717, 1.165) is 41.2 Å². The van der Waals surface area contributed by atoms with Crippen molar-refractivity contribution in [2.24, 2.45) is 5.41 Å². The third kappa shape index (κ3) is 4.69. The smallest absolute Gasteiger partial charge is 0.229 e. The van der Waals surface area contributed by atoms with E-state index in [2.05, 4.69) is 23.8 Å². The number of carbonyl (C=O) groups is 1. The maximum absolute atomic E-state index is 12.9. The molecule has 1 unspecified atom stereocenters. The molecule has 0 saturated carbocycles. The number of nitrogens with zero attached hydrogens (tertiary/aromatic N) is 6. The van der Waals surface area contributed by atoms with E-state index in [1.54, 1.807) is 0 Å². The van der Waals surface area contributed by atoms with Crippen molar-refractivity contribution in [3.8, 4) is 5.69 Å². The minimum absolute atomic E-state index is 0.110. The lowest BCUT2D eigenvalue weighted by molar-refractivity contribution is -0.139. The predicted molar refractivity (Wildman–Crippen MR) is 133 cm³/mol. The molecule has 3 heterocycles. The van der Waals surface area contributed by atoms with Crippen LogP contribution in [0.4, 0.5) is 5.82 Å². The molecule has 1 saturated heterocycles. The molecule has 0 radical (unpaired) electrons. The van der Waals surface area contributed by atoms with Crippen LogP contribution in [0.2, 0.25) is 0 Å². The van der Waals surface area contributed by atoms with E-state index in [4.69, 9.17) is 21.6 Å². The van der Waals surface area contributed by atoms with Gasteiger partial charge in [0.2, 0.25) is 5.91 Å². The fourth-order valence-corrected chi connectivity index (χ4v) is 4.41. The zero-order valence-corrected chi connectivity index (χ0v) is 20.7. The summed E-state index contributed by atoms with van der Waals surface area (Å²) in [6.45, 7) is 10.9. The first-order chi connectivity index (χ1) is 15.9. The second kappa shape index (κ2) is 9.67. The number of hydrogen-bond donors (Lipinski definition) is 0. The number of para-hydroxylation sites is 1. The Bertz CT molecular complexity index is 1100. The number of benzene rings is 1. The van der Waals surface area contributed by atoms with E-state index < -0.39 is 5.41 Å². The molecule has 33 heavy (non-hydrogen) atoms. The van der Waals surface area contributed by atoms with Crippen LogP contribution in [0, 0.1) is 5.41 Å². The largest absolute Gasteiger partial charge is 0.352 e. The lowest BCUT2D eigenvalue weighted by Crippen LogP contribution is -2.52. The Morgan fingerprint density at radius 1 is 1.12 bits per heavy atom. The number of anilines is 1. The molecule has 1 aliphatic heterocycles. The van der Waals surface area contributed by atoms with Crippen molar-refractivity contribution in [3.05, 3.63) is 42.4 Å². The van der Waals surface area contributed by atoms with Crippen LogP contribution >= 0.6 is 11.6 Å². The second-order valence-electron chi connectivity index (χ2n) is 9.52. The molecule has 0 bridgehead atoms. The molecule has 8 heteroatoms. The van der Waals surface area contributed by atoms with Crippen LogP contribution in [-0.2, 0) is 4.79 Å². The quantitative estimate of drug-likeness (QED) is 0.473. The molecule has 1 amide bonds. The number of halogens is 1. The molecular weight excluding hydrogens is 436 g/mol. The Kier molecular flexibility index (Phi) is 6.88. The van der Waals surface area contributed by atoms with Crippen LogP contribution < -0.4 is 4.90 Å². The van der Waals surface area contributed by atoms with Crippen LogP contribution in [0.15, 0.2) is 36.5 Å². The minimum atomic E-state index is -0.550. The summed E-state index contributed by atoms with van der Waals surface area (Å²) in [5.41, 5.74) is 1.25. The van der Waals surface area contributed by atoms with Gasteiger partial charge in [-0.1, -0.05) is 38.5 Å². The highest BCUT2D eigenvalue weighted by molar-refractivity contribution is 6.19. The highest BCUT2D eigenvalue weighted by Crippen LogP contribution is 2.30. The standard InChI is InChI=1S/C25H33ClN6O/c1-5-9-18(2)21-28-22(30-12-14-31(15-13-30)24(33)25(3,4)17-26)20-16-27-32(23(20)29-21)19-10-7-6-8-11-19/h6-8,10-11,16,18H,5,9,12-15,17H2,1-4H3. The molecule has 0 N–H and O–H groups in total. The number of rotatable bonds is 7. The van der Waals surface area contributed by atoms with Crippen LogP contribution in [0.25, 0.3) is 16.7 Å². The Hall–Kier alpha value is -2.67. The van der Waals surface area contributed by atoms with Crippen molar-refractivity contribution in [2.45, 2.75) is 46.5 Å². The Balaban J connectivity index is 1.69. The van der Waals surface area contributed by atoms with Crippen molar-refractivity contribution in [2.75, 3.05) is 37.0 Å². The van der Waals surface area contributed by atoms with E-state index in [-0.39, 0.29) is 11.8 Å². The molecule has 0 aliphatic carbocycles. The molecule has 2 aromatic heterocycles. The summed E-state index contributed by atoms with van der Waals surface area (Å²) in [6.07, 6.45) is 3.97. The van der Waals surface area contributed by atoms with Gasteiger partial charge in [-0.05, 0) is 32.4 Å². The summed E-state index contributed by atoms with van der Waals surface area (Å²) in [5, 5.41) is 5.60. The van der Waals surface area contributed by atoms with Gasteiger partial charge in [0.05, 0.1) is 22.7 Å². The van der Waals surface area contributed by atoms with Gasteiger partial charge in [0, 0.05) is 38.0 Å². The number of amides is 1. The molecule has 1 fully saturated rings. The second-order valence-corrected chi connectivity index (χ2v) is 9.79. The zero-order chi connectivity index (χ0) is 23.6. The highest BCUT2D eigenvalue weighted by atomic mass is 35.5. The van der Waals surface area contributed by atoms with Crippen molar-refractivity contribution < 1.29 is 4.79 Å². The summed E-state index contributed by atoms with van der Waals surface area (Å²) in [7, 11) is 0. The maximum Gasteiger partial charge on any atom is 0.229 e. The van der Waals surface area contributed by atoms with Gasteiger partial charge in [-0.3, -0.25) is 4.79 Å². The average Bonchev–Trinajstić information content (AvgIpc) is 3.28. The monoisotopic (exact) mass is 468 g/mol. The molecule has 1 aliphatic rings. The number of aromatic nitrogens is 4. The molecule has 3 aromatic rings. The average molecular weight is 469 g/mol. The first-order valence-corrected chi connectivity index (χ1v) is 12.3. The SMILES string of the molecule is CCCC(C)c1nc(N2CCN(C(=O)C(C)(C)CCl)CC2)c2cnn(-c3ccccc3)c2n1. The summed E-state index contributed by atoms with van der Waals surface area (Å²) >= 11 is 6.04. The lowest BCUT2D eigenvalue weighted by atomic mass is 9.94. The zero-order valence-electron chi connectivity index (χ0n) is 20.0. The van der Waals surface area contributed by atoms with Crippen LogP contribution in [-0.4, -0.2) is 62.6 Å². The summed E-state index contributed by atoms with van der Waals surface area (Å²) in [4.78, 5) is 27.0. The lowest BCUT2D eigenvalue weighted by Gasteiger charge is -2.38. The number of piperazine rings is 1. The van der Waals surface area contributed by atoms with Gasteiger partial charge in [-0.25, -0.2) is 14.6 Å². The Labute approximate surface area is 200 Å². The van der Waals surface area contributed by atoms with Crippen molar-refractivity contribution in [3.63, 3.8) is 0 Å². The third-order valence-electron chi connectivity index (χ3n) is 6.37. The molecule has 7 nitrogen and oxygen atoms in total. The van der Waals surface area contributed by atoms with Gasteiger partial charge in [0.15, 0.2) is 5.65 Å². The normalized spacial score (nSPS) is 15.8. The van der Waals surface area contributed by atoms with Crippen LogP contribution in [0.3, 0.4) is 0 Å². The third-order valence-corrected chi connectivity index (χ3v) is 7.04. The molecule has 0 spiro atoms. The van der Waals surface area contributed by atoms with Gasteiger partial charge in [-0.2, -0.15) is 5.10 Å². The predicted octanol–water partition coefficient (Wildman–Crippen LogP) is 4.63. The van der Waals surface area contributed by atoms with Gasteiger partial charge in [0.25, 0.3) is 0 Å². The minimum Gasteiger partial charge on any atom is -0.352 e. The molecule has 1 aromatic carbocycles. The first-order valence-electron chi connectivity index (χ1n) is 11.8. The summed E-state index contributed by atoms with van der Waals surface area (Å²) in [5.74, 6) is 2.43. The fourth-order valence-electron chi connectivity index (χ4n) is 4.30. The van der Waals surface area contributed by atoms with Crippen molar-refractivity contribution in [1.82, 2.24) is 24.6 Å². The van der Waals surface area contributed by atoms with E-state index >= 15 is 0 Å². The molecule has 4 rings (SSSR count). The van der Waals surface area contributed by atoms with Crippen LogP contribution in [0.1, 0.15) is 52.3 Å². The van der Waals surface area contributed by atoms with Gasteiger partial charge in [-0.15, -0.1) is 11.6 Å². The molecular formula is C25H33ClN6O. The Morgan fingerprint density at radius 3 is 2.45 bits per heavy atom. The van der Waals surface area contributed by atoms with Gasteiger partial charge >= 0.3 is 0 Å². The van der Waals surface area contributed by atoms with Crippen LogP contribution in [0.5, 0.6) is 0 Å². The number of alkyl halides is 1. The van der Waals surface area contributed by atoms with Gasteiger partial charge < -0.3 is 9.80 Å². The summed E-state index contributed by atoms with van der Waals surface area (Å²) in [6, 6.07) is 10.1. The molecule has 1 atom stereocenters. The maximum atomic E-state index is 12.9. The van der Waals surface area contributed by atoms with Crippen molar-refractivity contribution in [1.29, 1.82) is 0 Å². The first kappa shape index (κ1) is 23.5. The van der Waals surface area contributed by atoms with Gasteiger partial charge in [0.1, 0.15) is 11.6 Å².